The van der Waals surface area contributed by atoms with Gasteiger partial charge in [0.15, 0.2) is 0 Å². The summed E-state index contributed by atoms with van der Waals surface area (Å²) >= 11 is 3.86. The highest BCUT2D eigenvalue weighted by Gasteiger charge is 2.21. The molecule has 58 valence electrons. The van der Waals surface area contributed by atoms with Crippen molar-refractivity contribution in [3.63, 3.8) is 0 Å². The fourth-order valence-corrected chi connectivity index (χ4v) is 2.73. The molecule has 0 saturated heterocycles. The minimum atomic E-state index is 0.731. The molecule has 3 heteroatoms. The van der Waals surface area contributed by atoms with E-state index in [1.54, 1.807) is 0 Å². The molecule has 0 aromatic rings. The number of thioether (sulfide) groups is 2. The Labute approximate surface area is 71.1 Å². The van der Waals surface area contributed by atoms with Gasteiger partial charge in [-0.25, -0.2) is 0 Å². The average Bonchev–Trinajstić information content (AvgIpc) is 2.34. The summed E-state index contributed by atoms with van der Waals surface area (Å²) in [5.74, 6) is 0. The Balaban J connectivity index is 2.34. The van der Waals surface area contributed by atoms with Crippen LogP contribution in [0.15, 0.2) is 4.99 Å². The first-order valence-electron chi connectivity index (χ1n) is 3.44. The van der Waals surface area contributed by atoms with Crippen molar-refractivity contribution in [2.24, 2.45) is 4.99 Å². The van der Waals surface area contributed by atoms with Crippen LogP contribution in [-0.4, -0.2) is 28.3 Å². The zero-order valence-electron chi connectivity index (χ0n) is 6.63. The molecule has 2 unspecified atom stereocenters. The topological polar surface area (TPSA) is 12.4 Å². The minimum absolute atomic E-state index is 0.731. The molecule has 0 spiro atoms. The number of aliphatic imine (C=N–C) groups is 1. The van der Waals surface area contributed by atoms with E-state index in [1.165, 1.54) is 5.04 Å². The third kappa shape index (κ3) is 1.92. The lowest BCUT2D eigenvalue weighted by Crippen LogP contribution is -2.16. The first-order chi connectivity index (χ1) is 4.74. The molecule has 0 fully saturated rings. The number of rotatable bonds is 2. The zero-order chi connectivity index (χ0) is 7.56. The van der Waals surface area contributed by atoms with E-state index < -0.39 is 0 Å². The molecule has 1 nitrogen and oxygen atoms in total. The lowest BCUT2D eigenvalue weighted by Gasteiger charge is -2.13. The monoisotopic (exact) mass is 175 g/mol. The van der Waals surface area contributed by atoms with E-state index in [2.05, 4.69) is 25.1 Å². The highest BCUT2D eigenvalue weighted by atomic mass is 32.2. The van der Waals surface area contributed by atoms with E-state index >= 15 is 0 Å². The van der Waals surface area contributed by atoms with Crippen LogP contribution in [0.5, 0.6) is 0 Å². The second-order valence-corrected chi connectivity index (χ2v) is 5.10. The Morgan fingerprint density at radius 3 is 2.90 bits per heavy atom. The van der Waals surface area contributed by atoms with Gasteiger partial charge in [-0.1, -0.05) is 6.92 Å². The smallest absolute Gasteiger partial charge is 0.0649 e. The Morgan fingerprint density at radius 1 is 1.80 bits per heavy atom. The van der Waals surface area contributed by atoms with Gasteiger partial charge in [-0.3, -0.25) is 4.99 Å². The van der Waals surface area contributed by atoms with Crippen molar-refractivity contribution in [1.82, 2.24) is 0 Å². The standard InChI is InChI=1S/C7H13NS2/c1-5(9-3)7-4-8-6(2)10-7/h5,7H,4H2,1-3H3. The quantitative estimate of drug-likeness (QED) is 0.638. The molecule has 1 heterocycles. The van der Waals surface area contributed by atoms with Gasteiger partial charge in [0.2, 0.25) is 0 Å². The van der Waals surface area contributed by atoms with Crippen LogP contribution in [0.25, 0.3) is 0 Å². The highest BCUT2D eigenvalue weighted by molar-refractivity contribution is 8.15. The van der Waals surface area contributed by atoms with Crippen molar-refractivity contribution in [2.75, 3.05) is 12.8 Å². The second-order valence-electron chi connectivity index (χ2n) is 2.46. The minimum Gasteiger partial charge on any atom is -0.282 e. The molecule has 0 aromatic carbocycles. The van der Waals surface area contributed by atoms with Gasteiger partial charge in [0.05, 0.1) is 11.6 Å². The van der Waals surface area contributed by atoms with Gasteiger partial charge in [0.1, 0.15) is 0 Å². The normalized spacial score (nSPS) is 28.3. The van der Waals surface area contributed by atoms with Crippen LogP contribution in [0.1, 0.15) is 13.8 Å². The summed E-state index contributed by atoms with van der Waals surface area (Å²) in [5.41, 5.74) is 0. The van der Waals surface area contributed by atoms with Crippen molar-refractivity contribution in [3.8, 4) is 0 Å². The average molecular weight is 175 g/mol. The third-order valence-corrected chi connectivity index (χ3v) is 4.29. The van der Waals surface area contributed by atoms with Gasteiger partial charge in [-0.05, 0) is 13.2 Å². The molecule has 1 aliphatic heterocycles. The van der Waals surface area contributed by atoms with Crippen molar-refractivity contribution in [3.05, 3.63) is 0 Å². The first-order valence-corrected chi connectivity index (χ1v) is 5.61. The maximum atomic E-state index is 4.35. The molecule has 1 rings (SSSR count). The van der Waals surface area contributed by atoms with Gasteiger partial charge >= 0.3 is 0 Å². The molecular weight excluding hydrogens is 162 g/mol. The molecule has 0 bridgehead atoms. The zero-order valence-corrected chi connectivity index (χ0v) is 8.26. The molecule has 0 aliphatic carbocycles. The third-order valence-electron chi connectivity index (χ3n) is 1.71. The Bertz CT molecular complexity index is 145. The van der Waals surface area contributed by atoms with E-state index in [4.69, 9.17) is 0 Å². The maximum Gasteiger partial charge on any atom is 0.0649 e. The summed E-state index contributed by atoms with van der Waals surface area (Å²) in [5, 5.41) is 2.73. The lowest BCUT2D eigenvalue weighted by molar-refractivity contribution is 0.862. The predicted molar refractivity (Wildman–Crippen MR) is 52.3 cm³/mol. The van der Waals surface area contributed by atoms with Gasteiger partial charge in [-0.15, -0.1) is 11.8 Å². The predicted octanol–water partition coefficient (Wildman–Crippen LogP) is 2.27. The highest BCUT2D eigenvalue weighted by Crippen LogP contribution is 2.28. The van der Waals surface area contributed by atoms with Crippen molar-refractivity contribution in [1.29, 1.82) is 0 Å². The van der Waals surface area contributed by atoms with Crippen LogP contribution >= 0.6 is 23.5 Å². The molecule has 0 amide bonds. The SMILES string of the molecule is CSC(C)C1CN=C(C)S1. The van der Waals surface area contributed by atoms with Crippen molar-refractivity contribution < 1.29 is 0 Å². The summed E-state index contributed by atoms with van der Waals surface area (Å²) < 4.78 is 0. The van der Waals surface area contributed by atoms with Crippen LogP contribution < -0.4 is 0 Å². The first kappa shape index (κ1) is 8.47. The summed E-state index contributed by atoms with van der Waals surface area (Å²) in [6.07, 6.45) is 2.17. The van der Waals surface area contributed by atoms with E-state index in [0.717, 1.165) is 17.0 Å². The number of hydrogen-bond acceptors (Lipinski definition) is 3. The Kier molecular flexibility index (Phi) is 3.11. The lowest BCUT2D eigenvalue weighted by atomic mass is 10.3. The van der Waals surface area contributed by atoms with Crippen LogP contribution in [0.2, 0.25) is 0 Å². The molecule has 10 heavy (non-hydrogen) atoms. The van der Waals surface area contributed by atoms with Crippen LogP contribution in [0, 0.1) is 0 Å². The fraction of sp³-hybridized carbons (Fsp3) is 0.857. The van der Waals surface area contributed by atoms with Gasteiger partial charge < -0.3 is 0 Å². The molecule has 0 radical (unpaired) electrons. The summed E-state index contributed by atoms with van der Waals surface area (Å²) in [4.78, 5) is 4.35. The van der Waals surface area contributed by atoms with E-state index in [-0.39, 0.29) is 0 Å². The Hall–Kier alpha value is 0.370. The number of nitrogens with zero attached hydrogens (tertiary/aromatic N) is 1. The molecule has 0 N–H and O–H groups in total. The summed E-state index contributed by atoms with van der Waals surface area (Å²) in [6, 6.07) is 0. The molecular formula is C7H13NS2. The second kappa shape index (κ2) is 3.67. The van der Waals surface area contributed by atoms with Crippen LogP contribution in [-0.2, 0) is 0 Å². The van der Waals surface area contributed by atoms with Gasteiger partial charge in [0.25, 0.3) is 0 Å². The van der Waals surface area contributed by atoms with Crippen molar-refractivity contribution in [2.45, 2.75) is 24.3 Å². The van der Waals surface area contributed by atoms with Crippen LogP contribution in [0.3, 0.4) is 0 Å². The van der Waals surface area contributed by atoms with E-state index in [1.807, 2.05) is 23.5 Å². The van der Waals surface area contributed by atoms with E-state index in [9.17, 15) is 0 Å². The Morgan fingerprint density at radius 2 is 2.50 bits per heavy atom. The molecule has 2 atom stereocenters. The van der Waals surface area contributed by atoms with E-state index in [0.29, 0.717) is 0 Å². The van der Waals surface area contributed by atoms with Crippen LogP contribution in [0.4, 0.5) is 0 Å². The molecule has 0 aromatic heterocycles. The maximum absolute atomic E-state index is 4.35. The fourth-order valence-electron chi connectivity index (χ4n) is 0.908. The van der Waals surface area contributed by atoms with Crippen molar-refractivity contribution >= 4 is 28.6 Å². The summed E-state index contributed by atoms with van der Waals surface area (Å²) in [6.45, 7) is 5.40. The molecule has 1 aliphatic rings. The van der Waals surface area contributed by atoms with Gasteiger partial charge in [-0.2, -0.15) is 11.8 Å². The molecule has 0 saturated carbocycles. The largest absolute Gasteiger partial charge is 0.282 e. The van der Waals surface area contributed by atoms with Gasteiger partial charge in [0, 0.05) is 10.5 Å². The number of hydrogen-bond donors (Lipinski definition) is 0. The summed E-state index contributed by atoms with van der Waals surface area (Å²) in [7, 11) is 0.